The minimum absolute atomic E-state index is 0.0178. The fourth-order valence-corrected chi connectivity index (χ4v) is 2.72. The molecule has 0 spiro atoms. The van der Waals surface area contributed by atoms with E-state index in [0.717, 1.165) is 12.3 Å². The minimum atomic E-state index is -3.86. The summed E-state index contributed by atoms with van der Waals surface area (Å²) in [4.78, 5) is 25.5. The van der Waals surface area contributed by atoms with Crippen LogP contribution in [0.1, 0.15) is 27.6 Å². The number of anilines is 1. The van der Waals surface area contributed by atoms with Crippen LogP contribution >= 0.6 is 0 Å². The largest absolute Gasteiger partial charge is 0.478 e. The Morgan fingerprint density at radius 3 is 2.20 bits per heavy atom. The molecule has 0 saturated carbocycles. The van der Waals surface area contributed by atoms with E-state index in [0.29, 0.717) is 12.2 Å². The summed E-state index contributed by atoms with van der Waals surface area (Å²) < 4.78 is 27.4. The Labute approximate surface area is 145 Å². The number of benzene rings is 2. The Hall–Kier alpha value is -2.87. The summed E-state index contributed by atoms with van der Waals surface area (Å²) in [6.45, 7) is 2.13. The highest BCUT2D eigenvalue weighted by Crippen LogP contribution is 2.23. The quantitative estimate of drug-likeness (QED) is 0.791. The lowest BCUT2D eigenvalue weighted by atomic mass is 10.1. The van der Waals surface area contributed by atoms with Gasteiger partial charge in [-0.05, 0) is 37.3 Å². The molecule has 1 N–H and O–H groups in total. The van der Waals surface area contributed by atoms with Gasteiger partial charge < -0.3 is 14.2 Å². The number of hydrogen-bond acceptors (Lipinski definition) is 5. The molecule has 0 aliphatic rings. The summed E-state index contributed by atoms with van der Waals surface area (Å²) in [5.74, 6) is -1.99. The Balaban J connectivity index is 2.49. The highest BCUT2D eigenvalue weighted by atomic mass is 32.2. The van der Waals surface area contributed by atoms with Crippen LogP contribution < -0.4 is 9.08 Å². The summed E-state index contributed by atoms with van der Waals surface area (Å²) in [5, 5.41) is 9.20. The van der Waals surface area contributed by atoms with E-state index in [1.54, 1.807) is 31.2 Å². The number of carboxylic acid groups (broad SMARTS) is 1. The number of para-hydroxylation sites is 1. The van der Waals surface area contributed by atoms with Crippen molar-refractivity contribution >= 4 is 27.7 Å². The van der Waals surface area contributed by atoms with Crippen LogP contribution in [0.2, 0.25) is 0 Å². The van der Waals surface area contributed by atoms with E-state index in [2.05, 4.69) is 0 Å². The van der Waals surface area contributed by atoms with Crippen LogP contribution in [0.25, 0.3) is 0 Å². The lowest BCUT2D eigenvalue weighted by molar-refractivity contribution is 0.0696. The first-order valence-corrected chi connectivity index (χ1v) is 9.17. The van der Waals surface area contributed by atoms with Gasteiger partial charge in [-0.3, -0.25) is 4.79 Å². The molecule has 0 aliphatic carbocycles. The molecule has 0 aromatic heterocycles. The van der Waals surface area contributed by atoms with Crippen LogP contribution in [0.5, 0.6) is 5.75 Å². The first-order valence-electron chi connectivity index (χ1n) is 7.36. The molecule has 0 heterocycles. The second kappa shape index (κ2) is 7.35. The van der Waals surface area contributed by atoms with Crippen molar-refractivity contribution < 1.29 is 27.3 Å². The lowest BCUT2D eigenvalue weighted by Gasteiger charge is -2.21. The number of carbonyl (C=O) groups is 2. The molecular formula is C17H17NO6S. The van der Waals surface area contributed by atoms with Crippen molar-refractivity contribution in [2.45, 2.75) is 6.92 Å². The second-order valence-corrected chi connectivity index (χ2v) is 6.80. The van der Waals surface area contributed by atoms with E-state index >= 15 is 0 Å². The molecule has 25 heavy (non-hydrogen) atoms. The zero-order valence-electron chi connectivity index (χ0n) is 13.7. The molecule has 0 aliphatic heterocycles. The number of carbonyl (C=O) groups excluding carboxylic acids is 1. The minimum Gasteiger partial charge on any atom is -0.478 e. The second-order valence-electron chi connectivity index (χ2n) is 5.22. The molecule has 0 saturated heterocycles. The van der Waals surface area contributed by atoms with Gasteiger partial charge in [0.05, 0.1) is 11.8 Å². The third kappa shape index (κ3) is 4.80. The fourth-order valence-electron chi connectivity index (χ4n) is 2.28. The molecule has 0 fully saturated rings. The number of aromatic carboxylic acids is 1. The Bertz CT molecular complexity index is 893. The summed E-state index contributed by atoms with van der Waals surface area (Å²) in [6, 6.07) is 12.3. The van der Waals surface area contributed by atoms with E-state index < -0.39 is 22.0 Å². The molecule has 0 radical (unpaired) electrons. The number of nitrogens with zero attached hydrogens (tertiary/aromatic N) is 1. The van der Waals surface area contributed by atoms with Crippen molar-refractivity contribution in [3.05, 3.63) is 59.7 Å². The molecule has 1 amide bonds. The normalized spacial score (nSPS) is 11.0. The van der Waals surface area contributed by atoms with Gasteiger partial charge in [0.25, 0.3) is 5.91 Å². The third-order valence-corrected chi connectivity index (χ3v) is 3.77. The molecule has 0 atom stereocenters. The first kappa shape index (κ1) is 18.5. The van der Waals surface area contributed by atoms with Gasteiger partial charge in [-0.25, -0.2) is 4.79 Å². The highest BCUT2D eigenvalue weighted by Gasteiger charge is 2.20. The maximum absolute atomic E-state index is 12.8. The van der Waals surface area contributed by atoms with Gasteiger partial charge in [0.2, 0.25) is 0 Å². The molecule has 8 heteroatoms. The predicted octanol–water partition coefficient (Wildman–Crippen LogP) is 2.39. The van der Waals surface area contributed by atoms with E-state index in [1.165, 1.54) is 17.0 Å². The molecule has 2 rings (SSSR count). The van der Waals surface area contributed by atoms with Gasteiger partial charge >= 0.3 is 16.1 Å². The third-order valence-electron chi connectivity index (χ3n) is 3.28. The van der Waals surface area contributed by atoms with Gasteiger partial charge in [0.15, 0.2) is 0 Å². The summed E-state index contributed by atoms with van der Waals surface area (Å²) in [5.41, 5.74) is 0.416. The molecule has 2 aromatic carbocycles. The summed E-state index contributed by atoms with van der Waals surface area (Å²) in [7, 11) is -3.86. The fraction of sp³-hybridized carbons (Fsp3) is 0.176. The standard InChI is InChI=1S/C17H17NO6S/c1-3-18(14-7-5-4-6-8-14)16(19)12-9-13(17(20)21)11-15(10-12)24-25(2,22)23/h4-11H,3H2,1-2H3,(H,20,21). The molecular weight excluding hydrogens is 346 g/mol. The SMILES string of the molecule is CCN(C(=O)c1cc(OS(C)(=O)=O)cc(C(=O)O)c1)c1ccccc1. The molecule has 7 nitrogen and oxygen atoms in total. The van der Waals surface area contributed by atoms with Gasteiger partial charge in [-0.1, -0.05) is 18.2 Å². The van der Waals surface area contributed by atoms with Crippen LogP contribution in [0, 0.1) is 0 Å². The maximum atomic E-state index is 12.8. The van der Waals surface area contributed by atoms with Gasteiger partial charge in [0, 0.05) is 17.8 Å². The average Bonchev–Trinajstić information content (AvgIpc) is 2.54. The van der Waals surface area contributed by atoms with Crippen molar-refractivity contribution in [3.63, 3.8) is 0 Å². The topological polar surface area (TPSA) is 101 Å². The van der Waals surface area contributed by atoms with Crippen molar-refractivity contribution in [2.75, 3.05) is 17.7 Å². The predicted molar refractivity (Wildman–Crippen MR) is 92.7 cm³/mol. The Morgan fingerprint density at radius 2 is 1.68 bits per heavy atom. The number of amides is 1. The van der Waals surface area contributed by atoms with Crippen LogP contribution in [-0.4, -0.2) is 38.2 Å². The lowest BCUT2D eigenvalue weighted by Crippen LogP contribution is -2.30. The Kier molecular flexibility index (Phi) is 5.43. The van der Waals surface area contributed by atoms with Gasteiger partial charge in [-0.2, -0.15) is 8.42 Å². The number of rotatable bonds is 6. The molecule has 0 unspecified atom stereocenters. The molecule has 0 bridgehead atoms. The van der Waals surface area contributed by atoms with E-state index in [9.17, 15) is 23.1 Å². The summed E-state index contributed by atoms with van der Waals surface area (Å²) >= 11 is 0. The number of hydrogen-bond donors (Lipinski definition) is 1. The van der Waals surface area contributed by atoms with Crippen LogP contribution in [0.4, 0.5) is 5.69 Å². The monoisotopic (exact) mass is 363 g/mol. The van der Waals surface area contributed by atoms with Crippen molar-refractivity contribution in [2.24, 2.45) is 0 Å². The maximum Gasteiger partial charge on any atom is 0.335 e. The van der Waals surface area contributed by atoms with Gasteiger partial charge in [0.1, 0.15) is 5.75 Å². The molecule has 2 aromatic rings. The smallest absolute Gasteiger partial charge is 0.335 e. The van der Waals surface area contributed by atoms with Crippen LogP contribution in [0.3, 0.4) is 0 Å². The van der Waals surface area contributed by atoms with Gasteiger partial charge in [-0.15, -0.1) is 0 Å². The van der Waals surface area contributed by atoms with Crippen LogP contribution in [-0.2, 0) is 10.1 Å². The zero-order chi connectivity index (χ0) is 18.6. The first-order chi connectivity index (χ1) is 11.7. The van der Waals surface area contributed by atoms with Crippen molar-refractivity contribution in [1.82, 2.24) is 0 Å². The Morgan fingerprint density at radius 1 is 1.08 bits per heavy atom. The van der Waals surface area contributed by atoms with E-state index in [4.69, 9.17) is 4.18 Å². The average molecular weight is 363 g/mol. The van der Waals surface area contributed by atoms with Crippen LogP contribution in [0.15, 0.2) is 48.5 Å². The van der Waals surface area contributed by atoms with Crippen molar-refractivity contribution in [3.8, 4) is 5.75 Å². The summed E-state index contributed by atoms with van der Waals surface area (Å²) in [6.07, 6.45) is 0.838. The van der Waals surface area contributed by atoms with E-state index in [1.807, 2.05) is 6.07 Å². The molecule has 132 valence electrons. The zero-order valence-corrected chi connectivity index (χ0v) is 14.5. The van der Waals surface area contributed by atoms with Crippen molar-refractivity contribution in [1.29, 1.82) is 0 Å². The highest BCUT2D eigenvalue weighted by molar-refractivity contribution is 7.86. The number of carboxylic acids is 1. The van der Waals surface area contributed by atoms with E-state index in [-0.39, 0.29) is 16.9 Å².